The van der Waals surface area contributed by atoms with Crippen molar-refractivity contribution in [2.24, 2.45) is 0 Å². The van der Waals surface area contributed by atoms with Gasteiger partial charge >= 0.3 is 12.1 Å². The highest BCUT2D eigenvalue weighted by Gasteiger charge is 2.34. The van der Waals surface area contributed by atoms with Crippen LogP contribution in [0, 0.1) is 0 Å². The van der Waals surface area contributed by atoms with Crippen LogP contribution < -0.4 is 19.5 Å². The van der Waals surface area contributed by atoms with E-state index in [1.165, 1.54) is 43.5 Å². The van der Waals surface area contributed by atoms with Crippen molar-refractivity contribution < 1.29 is 46.9 Å². The number of rotatable bonds is 15. The molecule has 2 N–H and O–H groups in total. The van der Waals surface area contributed by atoms with Crippen molar-refractivity contribution in [3.05, 3.63) is 113 Å². The zero-order valence-corrected chi connectivity index (χ0v) is 26.4. The summed E-state index contributed by atoms with van der Waals surface area (Å²) in [6.45, 7) is 2.12. The molecule has 0 saturated heterocycles. The molecule has 0 saturated carbocycles. The van der Waals surface area contributed by atoms with E-state index < -0.39 is 42.5 Å². The highest BCUT2D eigenvalue weighted by Crippen LogP contribution is 2.35. The van der Waals surface area contributed by atoms with Crippen LogP contribution in [0.2, 0.25) is 0 Å². The van der Waals surface area contributed by atoms with E-state index >= 15 is 0 Å². The third kappa shape index (κ3) is 10.2. The highest BCUT2D eigenvalue weighted by molar-refractivity contribution is 5.97. The Morgan fingerprint density at radius 3 is 2.19 bits per heavy atom. The molecule has 0 fully saturated rings. The second kappa shape index (κ2) is 16.3. The maximum absolute atomic E-state index is 13.5. The number of amides is 2. The topological polar surface area (TPSA) is 114 Å². The van der Waals surface area contributed by atoms with Gasteiger partial charge in [-0.05, 0) is 78.2 Å². The standard InChI is InChI=1S/C36H35F3N2O7/c1-3-4-18-47-30-6-5-7-31(20-30)48-28-15-8-24(9-16-28)22-41(23-34(43)44)35(45)25-10-13-27(14-11-25)40-33(42)19-26-12-17-29(46-2)21-32(26)36(37,38)39/h5-17,20-21H,3-4,18-19,22-23H2,1-2H3,(H,40,42)(H,43,44). The van der Waals surface area contributed by atoms with Crippen LogP contribution >= 0.6 is 0 Å². The highest BCUT2D eigenvalue weighted by atomic mass is 19.4. The number of nitrogens with zero attached hydrogens (tertiary/aromatic N) is 1. The van der Waals surface area contributed by atoms with E-state index in [1.54, 1.807) is 36.4 Å². The molecule has 0 bridgehead atoms. The molecule has 0 unspecified atom stereocenters. The van der Waals surface area contributed by atoms with E-state index in [-0.39, 0.29) is 29.1 Å². The largest absolute Gasteiger partial charge is 0.497 e. The molecule has 4 rings (SSSR count). The quantitative estimate of drug-likeness (QED) is 0.126. The fourth-order valence-electron chi connectivity index (χ4n) is 4.70. The van der Waals surface area contributed by atoms with Gasteiger partial charge < -0.3 is 29.5 Å². The molecule has 9 nitrogen and oxygen atoms in total. The van der Waals surface area contributed by atoms with Gasteiger partial charge in [-0.25, -0.2) is 0 Å². The molecule has 4 aromatic rings. The molecule has 0 aliphatic rings. The van der Waals surface area contributed by atoms with Gasteiger partial charge in [0.2, 0.25) is 5.91 Å². The Morgan fingerprint density at radius 1 is 0.854 bits per heavy atom. The van der Waals surface area contributed by atoms with E-state index in [9.17, 15) is 32.7 Å². The van der Waals surface area contributed by atoms with Gasteiger partial charge in [-0.2, -0.15) is 13.2 Å². The molecule has 12 heteroatoms. The predicted octanol–water partition coefficient (Wildman–Crippen LogP) is 7.59. The Labute approximate surface area is 275 Å². The van der Waals surface area contributed by atoms with Crippen molar-refractivity contribution in [1.82, 2.24) is 4.90 Å². The van der Waals surface area contributed by atoms with Crippen molar-refractivity contribution in [3.8, 4) is 23.0 Å². The maximum atomic E-state index is 13.5. The van der Waals surface area contributed by atoms with E-state index in [2.05, 4.69) is 12.2 Å². The van der Waals surface area contributed by atoms with Gasteiger partial charge in [-0.1, -0.05) is 37.6 Å². The molecule has 0 aliphatic heterocycles. The van der Waals surface area contributed by atoms with E-state index in [1.807, 2.05) is 12.1 Å². The van der Waals surface area contributed by atoms with Gasteiger partial charge in [-0.15, -0.1) is 0 Å². The number of carbonyl (C=O) groups is 3. The lowest BCUT2D eigenvalue weighted by atomic mass is 10.0. The Morgan fingerprint density at radius 2 is 1.54 bits per heavy atom. The van der Waals surface area contributed by atoms with E-state index in [4.69, 9.17) is 14.2 Å². The number of hydrogen-bond donors (Lipinski definition) is 2. The van der Waals surface area contributed by atoms with Gasteiger partial charge in [0, 0.05) is 23.9 Å². The number of unbranched alkanes of at least 4 members (excludes halogenated alkanes) is 1. The third-order valence-corrected chi connectivity index (χ3v) is 7.11. The molecule has 0 aromatic heterocycles. The van der Waals surface area contributed by atoms with Gasteiger partial charge in [0.05, 0.1) is 25.7 Å². The van der Waals surface area contributed by atoms with E-state index in [0.717, 1.165) is 23.8 Å². The first kappa shape index (κ1) is 35.3. The molecule has 0 spiro atoms. The van der Waals surface area contributed by atoms with Gasteiger partial charge in [0.1, 0.15) is 29.5 Å². The normalized spacial score (nSPS) is 11.0. The first-order valence-electron chi connectivity index (χ1n) is 15.1. The average molecular weight is 665 g/mol. The molecule has 4 aromatic carbocycles. The predicted molar refractivity (Wildman–Crippen MR) is 173 cm³/mol. The number of benzene rings is 4. The summed E-state index contributed by atoms with van der Waals surface area (Å²) in [4.78, 5) is 38.7. The Balaban J connectivity index is 1.38. The SMILES string of the molecule is CCCCOc1cccc(Oc2ccc(CN(CC(=O)O)C(=O)c3ccc(NC(=O)Cc4ccc(OC)cc4C(F)(F)F)cc3)cc2)c1. The number of methoxy groups -OCH3 is 1. The molecule has 0 aliphatic carbocycles. The fourth-order valence-corrected chi connectivity index (χ4v) is 4.70. The number of aliphatic carboxylic acids is 1. The van der Waals surface area contributed by atoms with Crippen LogP contribution in [0.3, 0.4) is 0 Å². The number of halogens is 3. The number of carboxylic acids is 1. The van der Waals surface area contributed by atoms with Crippen molar-refractivity contribution in [1.29, 1.82) is 0 Å². The van der Waals surface area contributed by atoms with Crippen LogP contribution in [0.4, 0.5) is 18.9 Å². The molecule has 0 atom stereocenters. The first-order valence-corrected chi connectivity index (χ1v) is 15.1. The number of nitrogens with one attached hydrogen (secondary N) is 1. The lowest BCUT2D eigenvalue weighted by Gasteiger charge is -2.21. The summed E-state index contributed by atoms with van der Waals surface area (Å²) in [6, 6.07) is 23.1. The molecule has 0 radical (unpaired) electrons. The van der Waals surface area contributed by atoms with Crippen LogP contribution in [0.25, 0.3) is 0 Å². The second-order valence-corrected chi connectivity index (χ2v) is 10.8. The van der Waals surface area contributed by atoms with Gasteiger partial charge in [0.15, 0.2) is 0 Å². The third-order valence-electron chi connectivity index (χ3n) is 7.11. The van der Waals surface area contributed by atoms with Gasteiger partial charge in [0.25, 0.3) is 5.91 Å². The minimum Gasteiger partial charge on any atom is -0.497 e. The monoisotopic (exact) mass is 664 g/mol. The van der Waals surface area contributed by atoms with Crippen LogP contribution in [0.15, 0.2) is 91.0 Å². The molecular weight excluding hydrogens is 629 g/mol. The lowest BCUT2D eigenvalue weighted by molar-refractivity contribution is -0.139. The number of ether oxygens (including phenoxy) is 3. The van der Waals surface area contributed by atoms with Crippen LogP contribution in [-0.2, 0) is 28.7 Å². The van der Waals surface area contributed by atoms with Crippen LogP contribution in [0.5, 0.6) is 23.0 Å². The summed E-state index contributed by atoms with van der Waals surface area (Å²) in [5.41, 5.74) is -0.133. The smallest absolute Gasteiger partial charge is 0.416 e. The summed E-state index contributed by atoms with van der Waals surface area (Å²) >= 11 is 0. The lowest BCUT2D eigenvalue weighted by Crippen LogP contribution is -2.35. The second-order valence-electron chi connectivity index (χ2n) is 10.8. The van der Waals surface area contributed by atoms with Crippen LogP contribution in [-0.4, -0.2) is 48.1 Å². The molecule has 252 valence electrons. The number of hydrogen-bond acceptors (Lipinski definition) is 6. The maximum Gasteiger partial charge on any atom is 0.416 e. The number of carboxylic acid groups (broad SMARTS) is 1. The average Bonchev–Trinajstić information content (AvgIpc) is 3.05. The van der Waals surface area contributed by atoms with E-state index in [0.29, 0.717) is 29.4 Å². The van der Waals surface area contributed by atoms with Crippen molar-refractivity contribution >= 4 is 23.5 Å². The summed E-state index contributed by atoms with van der Waals surface area (Å²) in [5, 5.41) is 12.0. The van der Waals surface area contributed by atoms with Crippen molar-refractivity contribution in [2.75, 3.05) is 25.6 Å². The first-order chi connectivity index (χ1) is 22.9. The summed E-state index contributed by atoms with van der Waals surface area (Å²) in [6.07, 6.45) is -3.26. The number of anilines is 1. The summed E-state index contributed by atoms with van der Waals surface area (Å²) in [7, 11) is 1.25. The molecule has 2 amide bonds. The van der Waals surface area contributed by atoms with Crippen LogP contribution in [0.1, 0.15) is 46.8 Å². The summed E-state index contributed by atoms with van der Waals surface area (Å²) in [5.74, 6) is -0.624. The van der Waals surface area contributed by atoms with Crippen molar-refractivity contribution in [2.45, 2.75) is 38.9 Å². The Hall–Kier alpha value is -5.52. The summed E-state index contributed by atoms with van der Waals surface area (Å²) < 4.78 is 57.1. The minimum absolute atomic E-state index is 0.00590. The fraction of sp³-hybridized carbons (Fsp3) is 0.250. The minimum atomic E-state index is -4.68. The van der Waals surface area contributed by atoms with Crippen molar-refractivity contribution in [3.63, 3.8) is 0 Å². The van der Waals surface area contributed by atoms with Gasteiger partial charge in [-0.3, -0.25) is 14.4 Å². The Bertz CT molecular complexity index is 1710. The zero-order valence-electron chi connectivity index (χ0n) is 26.4. The Kier molecular flexibility index (Phi) is 12.0. The molecule has 0 heterocycles. The number of carbonyl (C=O) groups excluding carboxylic acids is 2. The molecule has 48 heavy (non-hydrogen) atoms. The molecular formula is C36H35F3N2O7. The number of alkyl halides is 3. The zero-order chi connectivity index (χ0) is 34.7.